The lowest BCUT2D eigenvalue weighted by Crippen LogP contribution is -2.40. The van der Waals surface area contributed by atoms with Gasteiger partial charge in [0.1, 0.15) is 17.6 Å². The van der Waals surface area contributed by atoms with E-state index in [-0.39, 0.29) is 23.9 Å². The van der Waals surface area contributed by atoms with E-state index in [9.17, 15) is 14.7 Å². The van der Waals surface area contributed by atoms with Crippen molar-refractivity contribution >= 4 is 11.7 Å². The maximum Gasteiger partial charge on any atom is 0.290 e. The van der Waals surface area contributed by atoms with Gasteiger partial charge in [0.05, 0.1) is 30.4 Å². The fraction of sp³-hybridized carbons (Fsp3) is 0.304. The topological polar surface area (TPSA) is 100 Å². The Morgan fingerprint density at radius 3 is 2.39 bits per heavy atom. The van der Waals surface area contributed by atoms with Crippen LogP contribution >= 0.6 is 0 Å². The lowest BCUT2D eigenvalue weighted by Gasteiger charge is -2.32. The first-order valence-corrected chi connectivity index (χ1v) is 10.3. The Balaban J connectivity index is 1.53. The van der Waals surface area contributed by atoms with Crippen LogP contribution in [0, 0.1) is 0 Å². The van der Waals surface area contributed by atoms with E-state index < -0.39 is 23.5 Å². The summed E-state index contributed by atoms with van der Waals surface area (Å²) in [7, 11) is 0. The number of carbonyl (C=O) groups is 2. The molecule has 0 spiro atoms. The van der Waals surface area contributed by atoms with Crippen LogP contribution in [0.1, 0.15) is 47.0 Å². The van der Waals surface area contributed by atoms with Gasteiger partial charge in [0.2, 0.25) is 5.78 Å². The molecule has 5 rings (SSSR count). The normalized spacial score (nSPS) is 20.7. The van der Waals surface area contributed by atoms with Gasteiger partial charge in [-0.25, -0.2) is 0 Å². The summed E-state index contributed by atoms with van der Waals surface area (Å²) in [5, 5.41) is 10.7. The molecule has 0 radical (unpaired) electrons. The van der Waals surface area contributed by atoms with Crippen LogP contribution in [-0.2, 0) is 4.79 Å². The number of furan rings is 3. The third-order valence-corrected chi connectivity index (χ3v) is 5.93. The van der Waals surface area contributed by atoms with Gasteiger partial charge < -0.3 is 23.3 Å². The average Bonchev–Trinajstić information content (AvgIpc) is 3.61. The van der Waals surface area contributed by atoms with Crippen LogP contribution in [0.25, 0.3) is 0 Å². The van der Waals surface area contributed by atoms with E-state index in [1.165, 1.54) is 23.5 Å². The largest absolute Gasteiger partial charge is 0.503 e. The van der Waals surface area contributed by atoms with Crippen LogP contribution < -0.4 is 0 Å². The van der Waals surface area contributed by atoms with E-state index in [0.717, 1.165) is 31.7 Å². The molecule has 160 valence electrons. The highest BCUT2D eigenvalue weighted by molar-refractivity contribution is 6.14. The molecule has 1 saturated heterocycles. The highest BCUT2D eigenvalue weighted by atomic mass is 16.3. The molecule has 31 heavy (non-hydrogen) atoms. The number of aliphatic hydroxyl groups is 1. The summed E-state index contributed by atoms with van der Waals surface area (Å²) in [6.45, 7) is 2.00. The average molecular weight is 422 g/mol. The Morgan fingerprint density at radius 1 is 1.03 bits per heavy atom. The van der Waals surface area contributed by atoms with E-state index in [2.05, 4.69) is 4.90 Å². The van der Waals surface area contributed by atoms with Crippen molar-refractivity contribution in [2.24, 2.45) is 0 Å². The summed E-state index contributed by atoms with van der Waals surface area (Å²) in [5.74, 6) is -0.565. The summed E-state index contributed by atoms with van der Waals surface area (Å²) < 4.78 is 16.5. The maximum absolute atomic E-state index is 13.2. The fourth-order valence-corrected chi connectivity index (χ4v) is 4.46. The molecule has 5 heterocycles. The van der Waals surface area contributed by atoms with Crippen LogP contribution in [-0.4, -0.2) is 46.2 Å². The Kier molecular flexibility index (Phi) is 4.99. The second-order valence-electron chi connectivity index (χ2n) is 7.72. The second kappa shape index (κ2) is 7.96. The number of hydrogen-bond acceptors (Lipinski definition) is 7. The first-order chi connectivity index (χ1) is 15.1. The Morgan fingerprint density at radius 2 is 1.74 bits per heavy atom. The maximum atomic E-state index is 13.2. The summed E-state index contributed by atoms with van der Waals surface area (Å²) in [4.78, 5) is 30.0. The zero-order valence-electron chi connectivity index (χ0n) is 16.8. The fourth-order valence-electron chi connectivity index (χ4n) is 4.46. The number of carbonyl (C=O) groups excluding carboxylic acids is 2. The molecule has 0 aromatic carbocycles. The highest BCUT2D eigenvalue weighted by Crippen LogP contribution is 2.41. The monoisotopic (exact) mass is 422 g/mol. The molecule has 2 atom stereocenters. The molecule has 0 aliphatic carbocycles. The SMILES string of the molecule is O=C(C1=C(O)C(=O)N(CC(c2ccco2)N2CCCC2)C1c1ccco1)c1ccco1. The van der Waals surface area contributed by atoms with Crippen LogP contribution in [0.2, 0.25) is 0 Å². The third-order valence-electron chi connectivity index (χ3n) is 5.93. The zero-order valence-corrected chi connectivity index (χ0v) is 16.8. The number of likely N-dealkylation sites (tertiary alicyclic amines) is 1. The van der Waals surface area contributed by atoms with E-state index in [0.29, 0.717) is 5.76 Å². The van der Waals surface area contributed by atoms with Gasteiger partial charge in [0.25, 0.3) is 5.91 Å². The molecule has 1 fully saturated rings. The number of hydrogen-bond donors (Lipinski definition) is 1. The third kappa shape index (κ3) is 3.38. The van der Waals surface area contributed by atoms with Gasteiger partial charge in [-0.05, 0) is 62.3 Å². The van der Waals surface area contributed by atoms with E-state index >= 15 is 0 Å². The van der Waals surface area contributed by atoms with Crippen molar-refractivity contribution in [2.45, 2.75) is 24.9 Å². The molecule has 1 amide bonds. The van der Waals surface area contributed by atoms with E-state index in [1.807, 2.05) is 12.1 Å². The molecular weight excluding hydrogens is 400 g/mol. The smallest absolute Gasteiger partial charge is 0.290 e. The van der Waals surface area contributed by atoms with Gasteiger partial charge in [-0.3, -0.25) is 14.5 Å². The van der Waals surface area contributed by atoms with Crippen molar-refractivity contribution in [2.75, 3.05) is 19.6 Å². The number of ketones is 1. The van der Waals surface area contributed by atoms with Gasteiger partial charge in [-0.15, -0.1) is 0 Å². The van der Waals surface area contributed by atoms with Crippen molar-refractivity contribution in [3.8, 4) is 0 Å². The second-order valence-corrected chi connectivity index (χ2v) is 7.72. The van der Waals surface area contributed by atoms with Crippen LogP contribution in [0.4, 0.5) is 0 Å². The minimum atomic E-state index is -0.861. The van der Waals surface area contributed by atoms with Crippen LogP contribution in [0.3, 0.4) is 0 Å². The molecule has 8 nitrogen and oxygen atoms in total. The predicted octanol–water partition coefficient (Wildman–Crippen LogP) is 3.88. The molecule has 0 bridgehead atoms. The van der Waals surface area contributed by atoms with Gasteiger partial charge in [0, 0.05) is 6.54 Å². The summed E-state index contributed by atoms with van der Waals surface area (Å²) in [6, 6.07) is 9.10. The van der Waals surface area contributed by atoms with Crippen molar-refractivity contribution in [3.05, 3.63) is 83.8 Å². The lowest BCUT2D eigenvalue weighted by molar-refractivity contribution is -0.130. The molecule has 0 saturated carbocycles. The molecule has 8 heteroatoms. The number of rotatable bonds is 7. The van der Waals surface area contributed by atoms with Gasteiger partial charge >= 0.3 is 0 Å². The lowest BCUT2D eigenvalue weighted by atomic mass is 9.99. The van der Waals surface area contributed by atoms with Crippen LogP contribution in [0.5, 0.6) is 0 Å². The minimum Gasteiger partial charge on any atom is -0.503 e. The van der Waals surface area contributed by atoms with Crippen LogP contribution in [0.15, 0.2) is 79.8 Å². The number of Topliss-reactive ketones (excluding diaryl/α,β-unsaturated/α-hetero) is 1. The van der Waals surface area contributed by atoms with Crippen molar-refractivity contribution < 1.29 is 27.9 Å². The highest BCUT2D eigenvalue weighted by Gasteiger charge is 2.47. The summed E-state index contributed by atoms with van der Waals surface area (Å²) >= 11 is 0. The number of amides is 1. The standard InChI is InChI=1S/C23H22N2O6/c26-21(18-8-5-13-31-18)19-20(17-7-4-12-30-17)25(23(28)22(19)27)14-15(16-6-3-11-29-16)24-9-1-2-10-24/h3-8,11-13,15,20,27H,1-2,9-10,14H2. The van der Waals surface area contributed by atoms with Gasteiger partial charge in [0.15, 0.2) is 11.5 Å². The molecular formula is C23H22N2O6. The quantitative estimate of drug-likeness (QED) is 0.577. The molecule has 2 aliphatic heterocycles. The van der Waals surface area contributed by atoms with E-state index in [4.69, 9.17) is 13.3 Å². The Labute approximate surface area is 178 Å². The molecule has 2 unspecified atom stereocenters. The summed E-state index contributed by atoms with van der Waals surface area (Å²) in [5.41, 5.74) is -0.0467. The first-order valence-electron chi connectivity index (χ1n) is 10.3. The molecule has 3 aromatic rings. The minimum absolute atomic E-state index is 0.0467. The predicted molar refractivity (Wildman–Crippen MR) is 108 cm³/mol. The van der Waals surface area contributed by atoms with Crippen molar-refractivity contribution in [3.63, 3.8) is 0 Å². The first kappa shape index (κ1) is 19.4. The Hall–Kier alpha value is -3.52. The van der Waals surface area contributed by atoms with Crippen molar-refractivity contribution in [1.29, 1.82) is 0 Å². The summed E-state index contributed by atoms with van der Waals surface area (Å²) in [6.07, 6.45) is 6.60. The molecule has 3 aromatic heterocycles. The number of nitrogens with zero attached hydrogens (tertiary/aromatic N) is 2. The van der Waals surface area contributed by atoms with Gasteiger partial charge in [-0.1, -0.05) is 0 Å². The van der Waals surface area contributed by atoms with Crippen molar-refractivity contribution in [1.82, 2.24) is 9.80 Å². The number of aliphatic hydroxyl groups excluding tert-OH is 1. The molecule has 1 N–H and O–H groups in total. The zero-order chi connectivity index (χ0) is 21.4. The van der Waals surface area contributed by atoms with E-state index in [1.54, 1.807) is 24.5 Å². The Bertz CT molecular complexity index is 1080. The molecule has 2 aliphatic rings. The van der Waals surface area contributed by atoms with Gasteiger partial charge in [-0.2, -0.15) is 0 Å².